The summed E-state index contributed by atoms with van der Waals surface area (Å²) in [5, 5.41) is 2.51. The van der Waals surface area contributed by atoms with E-state index in [0.717, 1.165) is 46.0 Å². The Balaban J connectivity index is 2.34. The van der Waals surface area contributed by atoms with Crippen molar-refractivity contribution >= 4 is 27.3 Å². The van der Waals surface area contributed by atoms with Gasteiger partial charge in [-0.05, 0) is 67.8 Å². The molecule has 158 valence electrons. The lowest BCUT2D eigenvalue weighted by atomic mass is 10.1. The van der Waals surface area contributed by atoms with Crippen LogP contribution in [0, 0.1) is 13.8 Å². The summed E-state index contributed by atoms with van der Waals surface area (Å²) >= 11 is 0. The molecule has 0 fully saturated rings. The molecular formula is C20H23F3N2O3S. The van der Waals surface area contributed by atoms with Gasteiger partial charge in [0, 0.05) is 5.69 Å². The SMILES string of the molecule is CC[C@H](C(=O)Nc1ccc(C(F)(F)F)cc1)N(c1ccc(C)c(C)c1)S(C)(=O)=O. The standard InChI is InChI=1S/C20H23F3N2O3S/c1-5-18(19(26)24-16-9-7-15(8-10-16)20(21,22)23)25(29(4,27)28)17-11-6-13(2)14(3)12-17/h6-12,18H,5H2,1-4H3,(H,24,26)/t18-/m1/s1. The molecule has 0 saturated carbocycles. The van der Waals surface area contributed by atoms with Crippen LogP contribution >= 0.6 is 0 Å². The average Bonchev–Trinajstić information content (AvgIpc) is 2.60. The summed E-state index contributed by atoms with van der Waals surface area (Å²) < 4.78 is 64.0. The third kappa shape index (κ3) is 5.50. The van der Waals surface area contributed by atoms with Gasteiger partial charge in [0.15, 0.2) is 0 Å². The first-order chi connectivity index (χ1) is 13.3. The number of hydrogen-bond donors (Lipinski definition) is 1. The van der Waals surface area contributed by atoms with Crippen LogP contribution in [-0.4, -0.2) is 26.6 Å². The zero-order valence-electron chi connectivity index (χ0n) is 16.5. The number of hydrogen-bond acceptors (Lipinski definition) is 3. The second kappa shape index (κ2) is 8.44. The topological polar surface area (TPSA) is 66.5 Å². The van der Waals surface area contributed by atoms with Gasteiger partial charge in [0.1, 0.15) is 6.04 Å². The van der Waals surface area contributed by atoms with Crippen molar-refractivity contribution in [1.82, 2.24) is 0 Å². The minimum Gasteiger partial charge on any atom is -0.324 e. The molecule has 2 aromatic rings. The molecule has 2 aromatic carbocycles. The van der Waals surface area contributed by atoms with E-state index in [1.807, 2.05) is 13.8 Å². The Bertz CT molecular complexity index is 987. The van der Waals surface area contributed by atoms with Gasteiger partial charge in [0.05, 0.1) is 17.5 Å². The van der Waals surface area contributed by atoms with Crippen LogP contribution in [0.3, 0.4) is 0 Å². The summed E-state index contributed by atoms with van der Waals surface area (Å²) in [6.07, 6.45) is -3.30. The van der Waals surface area contributed by atoms with Gasteiger partial charge in [-0.1, -0.05) is 13.0 Å². The van der Waals surface area contributed by atoms with Crippen molar-refractivity contribution in [1.29, 1.82) is 0 Å². The Morgan fingerprint density at radius 2 is 1.66 bits per heavy atom. The van der Waals surface area contributed by atoms with Gasteiger partial charge >= 0.3 is 6.18 Å². The summed E-state index contributed by atoms with van der Waals surface area (Å²) in [4.78, 5) is 12.8. The van der Waals surface area contributed by atoms with E-state index in [-0.39, 0.29) is 12.1 Å². The molecule has 0 unspecified atom stereocenters. The van der Waals surface area contributed by atoms with Gasteiger partial charge in [-0.25, -0.2) is 8.42 Å². The molecule has 0 aliphatic heterocycles. The van der Waals surface area contributed by atoms with E-state index in [2.05, 4.69) is 5.32 Å². The molecule has 1 amide bonds. The largest absolute Gasteiger partial charge is 0.416 e. The molecule has 0 aromatic heterocycles. The first kappa shape index (κ1) is 22.7. The number of carbonyl (C=O) groups excluding carboxylic acids is 1. The van der Waals surface area contributed by atoms with Crippen molar-refractivity contribution in [2.45, 2.75) is 39.4 Å². The van der Waals surface area contributed by atoms with Gasteiger partial charge in [-0.3, -0.25) is 9.10 Å². The molecular weight excluding hydrogens is 405 g/mol. The van der Waals surface area contributed by atoms with Crippen LogP contribution in [0.5, 0.6) is 0 Å². The number of aryl methyl sites for hydroxylation is 2. The first-order valence-electron chi connectivity index (χ1n) is 8.89. The van der Waals surface area contributed by atoms with Crippen LogP contribution in [-0.2, 0) is 21.0 Å². The Hall–Kier alpha value is -2.55. The van der Waals surface area contributed by atoms with Crippen molar-refractivity contribution < 1.29 is 26.4 Å². The fraction of sp³-hybridized carbons (Fsp3) is 0.350. The lowest BCUT2D eigenvalue weighted by molar-refractivity contribution is -0.137. The van der Waals surface area contributed by atoms with Crippen LogP contribution in [0.15, 0.2) is 42.5 Å². The minimum absolute atomic E-state index is 0.148. The minimum atomic E-state index is -4.48. The number of halogens is 3. The second-order valence-corrected chi connectivity index (χ2v) is 8.68. The lowest BCUT2D eigenvalue weighted by Gasteiger charge is -2.30. The molecule has 0 spiro atoms. The fourth-order valence-electron chi connectivity index (χ4n) is 2.89. The predicted octanol–water partition coefficient (Wildman–Crippen LogP) is 4.51. The van der Waals surface area contributed by atoms with Gasteiger partial charge < -0.3 is 5.32 Å². The van der Waals surface area contributed by atoms with E-state index < -0.39 is 33.7 Å². The van der Waals surface area contributed by atoms with E-state index >= 15 is 0 Å². The van der Waals surface area contributed by atoms with Crippen molar-refractivity contribution in [3.63, 3.8) is 0 Å². The van der Waals surface area contributed by atoms with Crippen molar-refractivity contribution in [3.05, 3.63) is 59.2 Å². The van der Waals surface area contributed by atoms with Gasteiger partial charge in [0.25, 0.3) is 0 Å². The number of carbonyl (C=O) groups is 1. The zero-order valence-corrected chi connectivity index (χ0v) is 17.4. The molecule has 0 aliphatic rings. The molecule has 0 heterocycles. The van der Waals surface area contributed by atoms with E-state index in [1.165, 1.54) is 0 Å². The third-order valence-corrected chi connectivity index (χ3v) is 5.73. The van der Waals surface area contributed by atoms with E-state index in [9.17, 15) is 26.4 Å². The highest BCUT2D eigenvalue weighted by Crippen LogP contribution is 2.30. The molecule has 2 rings (SSSR count). The van der Waals surface area contributed by atoms with E-state index in [4.69, 9.17) is 0 Å². The van der Waals surface area contributed by atoms with Crippen LogP contribution in [0.25, 0.3) is 0 Å². The number of anilines is 2. The molecule has 0 radical (unpaired) electrons. The number of nitrogens with zero attached hydrogens (tertiary/aromatic N) is 1. The molecule has 1 atom stereocenters. The van der Waals surface area contributed by atoms with Gasteiger partial charge in [0.2, 0.25) is 15.9 Å². The number of amides is 1. The van der Waals surface area contributed by atoms with E-state index in [0.29, 0.717) is 5.69 Å². The molecule has 29 heavy (non-hydrogen) atoms. The molecule has 0 saturated heterocycles. The smallest absolute Gasteiger partial charge is 0.324 e. The van der Waals surface area contributed by atoms with Crippen molar-refractivity contribution in [2.24, 2.45) is 0 Å². The highest BCUT2D eigenvalue weighted by Gasteiger charge is 2.32. The maximum absolute atomic E-state index is 12.8. The summed E-state index contributed by atoms with van der Waals surface area (Å²) in [5.41, 5.74) is 1.51. The maximum Gasteiger partial charge on any atom is 0.416 e. The van der Waals surface area contributed by atoms with Crippen LogP contribution in [0.4, 0.5) is 24.5 Å². The first-order valence-corrected chi connectivity index (χ1v) is 10.7. The molecule has 5 nitrogen and oxygen atoms in total. The van der Waals surface area contributed by atoms with Crippen molar-refractivity contribution in [2.75, 3.05) is 15.9 Å². The highest BCUT2D eigenvalue weighted by molar-refractivity contribution is 7.92. The zero-order chi connectivity index (χ0) is 22.0. The monoisotopic (exact) mass is 428 g/mol. The van der Waals surface area contributed by atoms with Crippen LogP contribution < -0.4 is 9.62 Å². The van der Waals surface area contributed by atoms with Crippen molar-refractivity contribution in [3.8, 4) is 0 Å². The normalized spacial score (nSPS) is 13.1. The molecule has 0 aliphatic carbocycles. The van der Waals surface area contributed by atoms with Crippen LogP contribution in [0.2, 0.25) is 0 Å². The third-order valence-electron chi connectivity index (χ3n) is 4.55. The summed E-state index contributed by atoms with van der Waals surface area (Å²) in [5.74, 6) is -0.629. The lowest BCUT2D eigenvalue weighted by Crippen LogP contribution is -2.47. The predicted molar refractivity (Wildman–Crippen MR) is 107 cm³/mol. The second-order valence-electron chi connectivity index (χ2n) is 6.82. The Morgan fingerprint density at radius 1 is 1.07 bits per heavy atom. The number of alkyl halides is 3. The molecule has 0 bridgehead atoms. The maximum atomic E-state index is 12.8. The Labute approximate surface area is 168 Å². The highest BCUT2D eigenvalue weighted by atomic mass is 32.2. The van der Waals surface area contributed by atoms with Gasteiger partial charge in [-0.15, -0.1) is 0 Å². The number of nitrogens with one attached hydrogen (secondary N) is 1. The average molecular weight is 428 g/mol. The fourth-order valence-corrected chi connectivity index (χ4v) is 4.09. The van der Waals surface area contributed by atoms with Crippen LogP contribution in [0.1, 0.15) is 30.0 Å². The Morgan fingerprint density at radius 3 is 2.10 bits per heavy atom. The summed E-state index contributed by atoms with van der Waals surface area (Å²) in [6.45, 7) is 5.39. The van der Waals surface area contributed by atoms with E-state index in [1.54, 1.807) is 25.1 Å². The molecule has 9 heteroatoms. The number of benzene rings is 2. The number of rotatable bonds is 6. The summed E-state index contributed by atoms with van der Waals surface area (Å²) in [6, 6.07) is 7.99. The summed E-state index contributed by atoms with van der Waals surface area (Å²) in [7, 11) is -3.80. The molecule has 1 N–H and O–H groups in total. The quantitative estimate of drug-likeness (QED) is 0.737. The van der Waals surface area contributed by atoms with Gasteiger partial charge in [-0.2, -0.15) is 13.2 Å². The Kier molecular flexibility index (Phi) is 6.62. The number of sulfonamides is 1.